The summed E-state index contributed by atoms with van der Waals surface area (Å²) in [6, 6.07) is 0.156. The fourth-order valence-corrected chi connectivity index (χ4v) is 1.36. The van der Waals surface area contributed by atoms with E-state index >= 15 is 0 Å². The molecule has 1 N–H and O–H groups in total. The number of hydrogen-bond acceptors (Lipinski definition) is 2. The number of carbonyl (C=O) groups excluding carboxylic acids is 1. The fraction of sp³-hybridized carbons (Fsp3) is 0.889. The van der Waals surface area contributed by atoms with Gasteiger partial charge in [0.2, 0.25) is 0 Å². The number of nitrogens with zero attached hydrogens (tertiary/aromatic N) is 1. The Morgan fingerprint density at radius 3 is 2.85 bits per heavy atom. The van der Waals surface area contributed by atoms with Crippen LogP contribution in [0.5, 0.6) is 0 Å². The maximum absolute atomic E-state index is 11.6. The maximum atomic E-state index is 11.6. The normalized spacial score (nSPS) is 23.4. The molecule has 2 amide bonds. The summed E-state index contributed by atoms with van der Waals surface area (Å²) in [5.74, 6) is 0. The van der Waals surface area contributed by atoms with Gasteiger partial charge in [0.1, 0.15) is 6.23 Å². The summed E-state index contributed by atoms with van der Waals surface area (Å²) in [6.45, 7) is 7.35. The van der Waals surface area contributed by atoms with Crippen molar-refractivity contribution in [1.29, 1.82) is 0 Å². The van der Waals surface area contributed by atoms with Crippen molar-refractivity contribution in [3.63, 3.8) is 0 Å². The van der Waals surface area contributed by atoms with Gasteiger partial charge in [0.05, 0.1) is 6.61 Å². The van der Waals surface area contributed by atoms with Gasteiger partial charge in [-0.2, -0.15) is 0 Å². The Morgan fingerprint density at radius 1 is 1.62 bits per heavy atom. The molecule has 0 aromatic rings. The molecule has 0 radical (unpaired) electrons. The molecule has 0 spiro atoms. The molecular weight excluding hydrogens is 168 g/mol. The van der Waals surface area contributed by atoms with Crippen LogP contribution in [-0.4, -0.2) is 36.4 Å². The van der Waals surface area contributed by atoms with Crippen LogP contribution >= 0.6 is 0 Å². The molecule has 0 bridgehead atoms. The molecule has 1 aliphatic heterocycles. The quantitative estimate of drug-likeness (QED) is 0.668. The Kier molecular flexibility index (Phi) is 3.54. The predicted molar refractivity (Wildman–Crippen MR) is 50.4 cm³/mol. The van der Waals surface area contributed by atoms with Crippen LogP contribution in [0, 0.1) is 0 Å². The van der Waals surface area contributed by atoms with Crippen molar-refractivity contribution in [2.24, 2.45) is 0 Å². The highest BCUT2D eigenvalue weighted by atomic mass is 16.5. The van der Waals surface area contributed by atoms with Gasteiger partial charge in [-0.1, -0.05) is 0 Å². The molecular formula is C9H18N2O2. The maximum Gasteiger partial charge on any atom is 0.319 e. The number of hydrogen-bond donors (Lipinski definition) is 1. The van der Waals surface area contributed by atoms with E-state index in [0.717, 1.165) is 19.6 Å². The molecule has 1 fully saturated rings. The van der Waals surface area contributed by atoms with Crippen molar-refractivity contribution in [2.75, 3.05) is 13.2 Å². The molecule has 0 saturated carbocycles. The van der Waals surface area contributed by atoms with Crippen molar-refractivity contribution in [3.05, 3.63) is 0 Å². The average Bonchev–Trinajstić information content (AvgIpc) is 2.03. The Hall–Kier alpha value is -0.770. The zero-order valence-electron chi connectivity index (χ0n) is 8.54. The van der Waals surface area contributed by atoms with Crippen LogP contribution in [0.15, 0.2) is 0 Å². The van der Waals surface area contributed by atoms with Crippen molar-refractivity contribution in [2.45, 2.75) is 39.5 Å². The van der Waals surface area contributed by atoms with Crippen molar-refractivity contribution in [1.82, 2.24) is 10.2 Å². The number of ether oxygens (including phenoxy) is 1. The Bertz CT molecular complexity index is 182. The van der Waals surface area contributed by atoms with Crippen LogP contribution in [0.4, 0.5) is 4.79 Å². The van der Waals surface area contributed by atoms with E-state index in [9.17, 15) is 4.79 Å². The molecule has 0 aromatic carbocycles. The van der Waals surface area contributed by atoms with Crippen LogP contribution in [0.1, 0.15) is 27.2 Å². The first-order valence-corrected chi connectivity index (χ1v) is 4.80. The van der Waals surface area contributed by atoms with Gasteiger partial charge in [0.25, 0.3) is 0 Å². The number of nitrogens with one attached hydrogen (secondary N) is 1. The van der Waals surface area contributed by atoms with Gasteiger partial charge in [0, 0.05) is 12.6 Å². The summed E-state index contributed by atoms with van der Waals surface area (Å²) < 4.78 is 5.36. The van der Waals surface area contributed by atoms with Crippen LogP contribution in [-0.2, 0) is 4.74 Å². The van der Waals surface area contributed by atoms with E-state index in [1.807, 2.05) is 20.8 Å². The van der Waals surface area contributed by atoms with Crippen LogP contribution in [0.3, 0.4) is 0 Å². The Morgan fingerprint density at radius 2 is 2.31 bits per heavy atom. The van der Waals surface area contributed by atoms with Gasteiger partial charge in [-0.05, 0) is 27.2 Å². The minimum atomic E-state index is -0.0903. The summed E-state index contributed by atoms with van der Waals surface area (Å²) in [5, 5.41) is 2.85. The first kappa shape index (κ1) is 10.3. The predicted octanol–water partition coefficient (Wildman–Crippen LogP) is 1.17. The second-order valence-electron chi connectivity index (χ2n) is 3.62. The lowest BCUT2D eigenvalue weighted by Gasteiger charge is -2.33. The third-order valence-corrected chi connectivity index (χ3v) is 2.01. The zero-order chi connectivity index (χ0) is 9.84. The monoisotopic (exact) mass is 186 g/mol. The van der Waals surface area contributed by atoms with E-state index in [0.29, 0.717) is 0 Å². The van der Waals surface area contributed by atoms with E-state index < -0.39 is 0 Å². The lowest BCUT2D eigenvalue weighted by atomic mass is 10.3. The molecule has 1 heterocycles. The van der Waals surface area contributed by atoms with E-state index in [1.165, 1.54) is 0 Å². The fourth-order valence-electron chi connectivity index (χ4n) is 1.36. The number of carbonyl (C=O) groups is 1. The molecule has 4 nitrogen and oxygen atoms in total. The molecule has 76 valence electrons. The van der Waals surface area contributed by atoms with Crippen LogP contribution in [0.25, 0.3) is 0 Å². The molecule has 1 atom stereocenters. The first-order valence-electron chi connectivity index (χ1n) is 4.80. The topological polar surface area (TPSA) is 41.6 Å². The molecule has 1 aliphatic rings. The molecule has 13 heavy (non-hydrogen) atoms. The van der Waals surface area contributed by atoms with Gasteiger partial charge in [-0.15, -0.1) is 0 Å². The second kappa shape index (κ2) is 4.46. The summed E-state index contributed by atoms with van der Waals surface area (Å²) in [4.78, 5) is 13.3. The highest BCUT2D eigenvalue weighted by Gasteiger charge is 2.23. The smallest absolute Gasteiger partial charge is 0.319 e. The SMILES string of the molecule is CC(C)NC(=O)N1CCCOC1C. The summed E-state index contributed by atoms with van der Waals surface area (Å²) >= 11 is 0. The summed E-state index contributed by atoms with van der Waals surface area (Å²) in [7, 11) is 0. The molecule has 0 aliphatic carbocycles. The van der Waals surface area contributed by atoms with E-state index in [1.54, 1.807) is 4.90 Å². The number of urea groups is 1. The second-order valence-corrected chi connectivity index (χ2v) is 3.62. The van der Waals surface area contributed by atoms with Gasteiger partial charge in [-0.25, -0.2) is 4.79 Å². The third kappa shape index (κ3) is 2.88. The van der Waals surface area contributed by atoms with Gasteiger partial charge in [-0.3, -0.25) is 4.90 Å². The lowest BCUT2D eigenvalue weighted by molar-refractivity contribution is -0.0601. The zero-order valence-corrected chi connectivity index (χ0v) is 8.54. The molecule has 1 unspecified atom stereocenters. The Balaban J connectivity index is 2.44. The van der Waals surface area contributed by atoms with Gasteiger partial charge in [0.15, 0.2) is 0 Å². The largest absolute Gasteiger partial charge is 0.358 e. The highest BCUT2D eigenvalue weighted by Crippen LogP contribution is 2.09. The summed E-state index contributed by atoms with van der Waals surface area (Å²) in [6.07, 6.45) is 0.836. The average molecular weight is 186 g/mol. The van der Waals surface area contributed by atoms with Crippen molar-refractivity contribution < 1.29 is 9.53 Å². The number of rotatable bonds is 1. The standard InChI is InChI=1S/C9H18N2O2/c1-7(2)10-9(12)11-5-4-6-13-8(11)3/h7-8H,4-6H2,1-3H3,(H,10,12). The van der Waals surface area contributed by atoms with E-state index in [4.69, 9.17) is 4.74 Å². The third-order valence-electron chi connectivity index (χ3n) is 2.01. The highest BCUT2D eigenvalue weighted by molar-refractivity contribution is 5.74. The van der Waals surface area contributed by atoms with E-state index in [2.05, 4.69) is 5.32 Å². The molecule has 4 heteroatoms. The lowest BCUT2D eigenvalue weighted by Crippen LogP contribution is -2.50. The first-order chi connectivity index (χ1) is 6.11. The van der Waals surface area contributed by atoms with Crippen molar-refractivity contribution in [3.8, 4) is 0 Å². The minimum absolute atomic E-state index is 0.0257. The molecule has 1 saturated heterocycles. The minimum Gasteiger partial charge on any atom is -0.358 e. The van der Waals surface area contributed by atoms with Gasteiger partial charge < -0.3 is 10.1 Å². The molecule has 0 aromatic heterocycles. The van der Waals surface area contributed by atoms with Gasteiger partial charge >= 0.3 is 6.03 Å². The molecule has 1 rings (SSSR count). The van der Waals surface area contributed by atoms with Crippen LogP contribution < -0.4 is 5.32 Å². The van der Waals surface area contributed by atoms with Crippen molar-refractivity contribution >= 4 is 6.03 Å². The van der Waals surface area contributed by atoms with Crippen LogP contribution in [0.2, 0.25) is 0 Å². The Labute approximate surface area is 79.2 Å². The summed E-state index contributed by atoms with van der Waals surface area (Å²) in [5.41, 5.74) is 0. The van der Waals surface area contributed by atoms with E-state index in [-0.39, 0.29) is 18.3 Å². The number of amides is 2.